The second-order valence-corrected chi connectivity index (χ2v) is 7.59. The maximum absolute atomic E-state index is 12.5. The van der Waals surface area contributed by atoms with Crippen molar-refractivity contribution in [2.45, 2.75) is 39.2 Å². The van der Waals surface area contributed by atoms with Gasteiger partial charge in [0.25, 0.3) is 0 Å². The first-order chi connectivity index (χ1) is 13.6. The molecule has 2 aromatic rings. The number of unbranched alkanes of at least 4 members (excludes halogenated alkanes) is 1. The van der Waals surface area contributed by atoms with Crippen LogP contribution in [0.5, 0.6) is 0 Å². The van der Waals surface area contributed by atoms with Gasteiger partial charge in [-0.2, -0.15) is 0 Å². The number of carbonyl (C=O) groups excluding carboxylic acids is 2. The largest absolute Gasteiger partial charge is 0.464 e. The summed E-state index contributed by atoms with van der Waals surface area (Å²) in [5, 5.41) is 0.121. The van der Waals surface area contributed by atoms with Crippen molar-refractivity contribution in [1.82, 2.24) is 0 Å². The number of nitrogens with zero attached hydrogens (tertiary/aromatic N) is 1. The molecule has 0 saturated carbocycles. The monoisotopic (exact) mass is 397 g/mol. The highest BCUT2D eigenvalue weighted by molar-refractivity contribution is 8.13. The van der Waals surface area contributed by atoms with Crippen molar-refractivity contribution in [3.63, 3.8) is 0 Å². The number of rotatable bonds is 10. The smallest absolute Gasteiger partial charge is 0.330 e. The van der Waals surface area contributed by atoms with E-state index in [0.717, 1.165) is 35.4 Å². The van der Waals surface area contributed by atoms with E-state index in [-0.39, 0.29) is 11.1 Å². The molecule has 0 aliphatic rings. The lowest BCUT2D eigenvalue weighted by Gasteiger charge is -2.15. The van der Waals surface area contributed by atoms with E-state index in [9.17, 15) is 9.59 Å². The van der Waals surface area contributed by atoms with Crippen LogP contribution in [0.1, 0.15) is 44.2 Å². The molecule has 148 valence electrons. The lowest BCUT2D eigenvalue weighted by molar-refractivity contribution is -0.144. The molecule has 2 rings (SSSR count). The van der Waals surface area contributed by atoms with Gasteiger partial charge in [-0.15, -0.1) is 0 Å². The molecule has 0 aromatic heterocycles. The van der Waals surface area contributed by atoms with Gasteiger partial charge in [0, 0.05) is 23.8 Å². The summed E-state index contributed by atoms with van der Waals surface area (Å²) in [6, 6.07) is 19.2. The molecule has 0 amide bonds. The van der Waals surface area contributed by atoms with E-state index >= 15 is 0 Å². The van der Waals surface area contributed by atoms with Gasteiger partial charge in [-0.25, -0.2) is 4.79 Å². The molecule has 0 radical (unpaired) electrons. The minimum atomic E-state index is -0.558. The molecule has 0 heterocycles. The van der Waals surface area contributed by atoms with Crippen molar-refractivity contribution in [2.24, 2.45) is 4.99 Å². The second kappa shape index (κ2) is 12.1. The Bertz CT molecular complexity index is 733. The van der Waals surface area contributed by atoms with Crippen LogP contribution < -0.4 is 0 Å². The van der Waals surface area contributed by atoms with E-state index in [1.807, 2.05) is 60.7 Å². The first kappa shape index (κ1) is 21.9. The number of ether oxygens (including phenoxy) is 1. The summed E-state index contributed by atoms with van der Waals surface area (Å²) in [7, 11) is 0. The molecule has 2 aromatic carbocycles. The van der Waals surface area contributed by atoms with E-state index in [2.05, 4.69) is 0 Å². The van der Waals surface area contributed by atoms with Gasteiger partial charge >= 0.3 is 5.97 Å². The van der Waals surface area contributed by atoms with Gasteiger partial charge in [0.05, 0.1) is 12.3 Å². The minimum absolute atomic E-state index is 0.121. The minimum Gasteiger partial charge on any atom is -0.464 e. The first-order valence-corrected chi connectivity index (χ1v) is 10.6. The third kappa shape index (κ3) is 7.31. The quantitative estimate of drug-likeness (QED) is 0.325. The summed E-state index contributed by atoms with van der Waals surface area (Å²) < 4.78 is 5.27. The number of hydrogen-bond acceptors (Lipinski definition) is 5. The van der Waals surface area contributed by atoms with Crippen LogP contribution in [0.25, 0.3) is 0 Å². The summed E-state index contributed by atoms with van der Waals surface area (Å²) >= 11 is 1.32. The highest BCUT2D eigenvalue weighted by Crippen LogP contribution is 2.16. The molecule has 1 unspecified atom stereocenters. The summed E-state index contributed by atoms with van der Waals surface area (Å²) in [4.78, 5) is 28.4. The van der Waals surface area contributed by atoms with Crippen LogP contribution in [0.2, 0.25) is 0 Å². The van der Waals surface area contributed by atoms with Crippen LogP contribution in [0, 0.1) is 0 Å². The van der Waals surface area contributed by atoms with Crippen LogP contribution in [0.3, 0.4) is 0 Å². The Morgan fingerprint density at radius 2 is 1.54 bits per heavy atom. The Morgan fingerprint density at radius 3 is 2.04 bits per heavy atom. The average Bonchev–Trinajstić information content (AvgIpc) is 2.71. The molecular weight excluding hydrogens is 370 g/mol. The van der Waals surface area contributed by atoms with Crippen LogP contribution >= 0.6 is 11.8 Å². The van der Waals surface area contributed by atoms with Crippen LogP contribution in [0.4, 0.5) is 0 Å². The third-order valence-electron chi connectivity index (χ3n) is 4.12. The molecule has 4 nitrogen and oxygen atoms in total. The van der Waals surface area contributed by atoms with Gasteiger partial charge in [0.2, 0.25) is 0 Å². The summed E-state index contributed by atoms with van der Waals surface area (Å²) in [6.07, 6.45) is 2.27. The van der Waals surface area contributed by atoms with Crippen LogP contribution in [0.15, 0.2) is 65.7 Å². The van der Waals surface area contributed by atoms with Crippen molar-refractivity contribution in [1.29, 1.82) is 0 Å². The topological polar surface area (TPSA) is 55.7 Å². The number of benzene rings is 2. The van der Waals surface area contributed by atoms with E-state index < -0.39 is 6.04 Å². The number of aliphatic imine (C=N–C) groups is 1. The van der Waals surface area contributed by atoms with Crippen molar-refractivity contribution in [3.8, 4) is 0 Å². The van der Waals surface area contributed by atoms with E-state index in [1.54, 1.807) is 13.8 Å². The van der Waals surface area contributed by atoms with Crippen molar-refractivity contribution >= 4 is 28.6 Å². The molecule has 0 spiro atoms. The third-order valence-corrected chi connectivity index (χ3v) is 5.01. The van der Waals surface area contributed by atoms with Gasteiger partial charge < -0.3 is 4.74 Å². The average molecular weight is 398 g/mol. The van der Waals surface area contributed by atoms with Gasteiger partial charge in [-0.3, -0.25) is 9.79 Å². The Hall–Kier alpha value is -2.40. The number of esters is 1. The van der Waals surface area contributed by atoms with Gasteiger partial charge in [0.15, 0.2) is 5.12 Å². The Labute approximate surface area is 171 Å². The highest BCUT2D eigenvalue weighted by atomic mass is 32.2. The Balaban J connectivity index is 2.25. The Kier molecular flexibility index (Phi) is 9.49. The molecule has 5 heteroatoms. The van der Waals surface area contributed by atoms with E-state index in [1.165, 1.54) is 11.8 Å². The lowest BCUT2D eigenvalue weighted by atomic mass is 10.0. The predicted octanol–water partition coefficient (Wildman–Crippen LogP) is 4.91. The standard InChI is InChI=1S/C23H27NO3S/c1-3-27-23(26)21(16-10-11-17-28-18(2)25)24-22(19-12-6-4-7-13-19)20-14-8-5-9-15-20/h4-9,12-15,21H,3,10-11,16-17H2,1-2H3. The zero-order chi connectivity index (χ0) is 20.2. The van der Waals surface area contributed by atoms with Crippen LogP contribution in [-0.4, -0.2) is 35.2 Å². The molecule has 0 aliphatic carbocycles. The summed E-state index contributed by atoms with van der Waals surface area (Å²) in [5.74, 6) is 0.463. The lowest BCUT2D eigenvalue weighted by Crippen LogP contribution is -2.24. The second-order valence-electron chi connectivity index (χ2n) is 6.31. The molecule has 0 saturated heterocycles. The molecular formula is C23H27NO3S. The van der Waals surface area contributed by atoms with E-state index in [4.69, 9.17) is 9.73 Å². The first-order valence-electron chi connectivity index (χ1n) is 9.60. The SMILES string of the molecule is CCOC(=O)C(CCCCSC(C)=O)N=C(c1ccccc1)c1ccccc1. The van der Waals surface area contributed by atoms with Crippen molar-refractivity contribution in [2.75, 3.05) is 12.4 Å². The van der Waals surface area contributed by atoms with Gasteiger partial charge in [0.1, 0.15) is 6.04 Å². The van der Waals surface area contributed by atoms with Crippen LogP contribution in [-0.2, 0) is 14.3 Å². The number of thioether (sulfide) groups is 1. The van der Waals surface area contributed by atoms with E-state index in [0.29, 0.717) is 13.0 Å². The fraction of sp³-hybridized carbons (Fsp3) is 0.348. The van der Waals surface area contributed by atoms with Crippen molar-refractivity contribution < 1.29 is 14.3 Å². The molecule has 1 atom stereocenters. The molecule has 0 fully saturated rings. The zero-order valence-electron chi connectivity index (χ0n) is 16.5. The molecule has 0 N–H and O–H groups in total. The maximum atomic E-state index is 12.5. The zero-order valence-corrected chi connectivity index (χ0v) is 17.3. The highest BCUT2D eigenvalue weighted by Gasteiger charge is 2.20. The Morgan fingerprint density at radius 1 is 0.964 bits per heavy atom. The van der Waals surface area contributed by atoms with Crippen molar-refractivity contribution in [3.05, 3.63) is 71.8 Å². The molecule has 0 bridgehead atoms. The predicted molar refractivity (Wildman–Crippen MR) is 116 cm³/mol. The number of hydrogen-bond donors (Lipinski definition) is 0. The normalized spacial score (nSPS) is 11.5. The maximum Gasteiger partial charge on any atom is 0.330 e. The molecule has 0 aliphatic heterocycles. The fourth-order valence-corrected chi connectivity index (χ4v) is 3.43. The summed E-state index contributed by atoms with van der Waals surface area (Å²) in [6.45, 7) is 3.71. The van der Waals surface area contributed by atoms with Gasteiger partial charge in [-0.05, 0) is 26.2 Å². The molecule has 28 heavy (non-hydrogen) atoms. The van der Waals surface area contributed by atoms with Gasteiger partial charge in [-0.1, -0.05) is 72.4 Å². The number of carbonyl (C=O) groups is 2. The summed E-state index contributed by atoms with van der Waals surface area (Å²) in [5.41, 5.74) is 2.72. The fourth-order valence-electron chi connectivity index (χ4n) is 2.79.